The Hall–Kier alpha value is -6.26. The van der Waals surface area contributed by atoms with Gasteiger partial charge in [0.25, 0.3) is 18.3 Å². The normalized spacial score (nSPS) is 14.7. The van der Waals surface area contributed by atoms with E-state index in [1.165, 1.54) is 28.6 Å². The van der Waals surface area contributed by atoms with Crippen LogP contribution in [0.4, 0.5) is 5.95 Å². The molecule has 3 heterocycles. The van der Waals surface area contributed by atoms with Gasteiger partial charge in [0.1, 0.15) is 17.9 Å². The summed E-state index contributed by atoms with van der Waals surface area (Å²) < 4.78 is 49.6. The molecule has 3 aromatic heterocycles. The molecule has 0 saturated heterocycles. The van der Waals surface area contributed by atoms with Crippen molar-refractivity contribution in [1.82, 2.24) is 25.3 Å². The van der Waals surface area contributed by atoms with Gasteiger partial charge in [0, 0.05) is 42.8 Å². The summed E-state index contributed by atoms with van der Waals surface area (Å²) in [6.45, 7) is 16.2. The fourth-order valence-electron chi connectivity index (χ4n) is 8.80. The van der Waals surface area contributed by atoms with E-state index in [1.54, 1.807) is 12.3 Å². The van der Waals surface area contributed by atoms with E-state index in [9.17, 15) is 18.3 Å². The van der Waals surface area contributed by atoms with Crippen LogP contribution in [-0.2, 0) is 21.0 Å². The Bertz CT molecular complexity index is 2930. The number of aryl methyl sites for hydroxylation is 2. The number of nitrogens with zero attached hydrogens (tertiary/aromatic N) is 4. The second kappa shape index (κ2) is 19.2. The van der Waals surface area contributed by atoms with Gasteiger partial charge in [-0.25, -0.2) is 32.9 Å². The lowest BCUT2D eigenvalue weighted by Crippen LogP contribution is -2.66. The van der Waals surface area contributed by atoms with Gasteiger partial charge in [-0.2, -0.15) is 4.98 Å². The summed E-state index contributed by atoms with van der Waals surface area (Å²) >= 11 is 0. The van der Waals surface area contributed by atoms with Crippen molar-refractivity contribution in [2.45, 2.75) is 96.2 Å². The highest BCUT2D eigenvalue weighted by Crippen LogP contribution is 2.49. The lowest BCUT2D eigenvalue weighted by Gasteiger charge is -2.43. The van der Waals surface area contributed by atoms with Crippen LogP contribution >= 0.6 is 0 Å². The van der Waals surface area contributed by atoms with E-state index in [2.05, 4.69) is 108 Å². The summed E-state index contributed by atoms with van der Waals surface area (Å²) in [4.78, 5) is 30.2. The summed E-state index contributed by atoms with van der Waals surface area (Å²) in [7, 11) is -7.03. The Morgan fingerprint density at radius 1 is 0.866 bits per heavy atom. The van der Waals surface area contributed by atoms with Crippen molar-refractivity contribution < 1.29 is 31.9 Å². The first-order valence-electron chi connectivity index (χ1n) is 22.6. The number of benzene rings is 4. The first-order valence-corrected chi connectivity index (χ1v) is 26.0. The van der Waals surface area contributed by atoms with Crippen molar-refractivity contribution in [3.05, 3.63) is 150 Å². The molecule has 67 heavy (non-hydrogen) atoms. The third-order valence-corrected chi connectivity index (χ3v) is 19.0. The number of nitrogens with one attached hydrogen (secondary N) is 2. The maximum atomic E-state index is 13.6. The summed E-state index contributed by atoms with van der Waals surface area (Å²) in [5.41, 5.74) is 5.04. The zero-order valence-corrected chi connectivity index (χ0v) is 40.9. The molecule has 0 aliphatic heterocycles. The number of carboxylic acids is 1. The van der Waals surface area contributed by atoms with E-state index >= 15 is 0 Å². The number of aromatic nitrogens is 4. The molecule has 0 radical (unpaired) electrons. The monoisotopic (exact) mass is 938 g/mol. The van der Waals surface area contributed by atoms with Gasteiger partial charge in [0.2, 0.25) is 17.5 Å². The van der Waals surface area contributed by atoms with Crippen LogP contribution in [0.15, 0.2) is 131 Å². The van der Waals surface area contributed by atoms with Crippen LogP contribution in [0.2, 0.25) is 5.04 Å². The van der Waals surface area contributed by atoms with Crippen LogP contribution in [0.1, 0.15) is 92.7 Å². The van der Waals surface area contributed by atoms with Gasteiger partial charge < -0.3 is 24.0 Å². The standard InChI is InChI=1S/C52H58N6O7SSi/c1-34-16-14-17-35(2)47(34)43-28-46(57-50(56-43)58-66(61,62)40-19-15-18-37(26-40)49(59)60)63-33-38(29-52(7)24-25-52)53-30-39-31-54-48-44(55-39)27-45(65-48)36(3)32-64-67(51(4,5)6,41-20-10-8-11-21-41)42-22-12-9-13-23-42/h8-23,26-28,31,36,38,53H,24-25,29-30,32-33H2,1-7H3,(H,59,60)(H,56,57,58). The molecule has 0 spiro atoms. The van der Waals surface area contributed by atoms with Crippen molar-refractivity contribution >= 4 is 51.9 Å². The smallest absolute Gasteiger partial charge is 0.335 e. The molecular weight excluding hydrogens is 881 g/mol. The highest BCUT2D eigenvalue weighted by Gasteiger charge is 2.50. The fourth-order valence-corrected chi connectivity index (χ4v) is 14.4. The molecular formula is C52H58N6O7SSi. The van der Waals surface area contributed by atoms with Gasteiger partial charge in [-0.3, -0.25) is 0 Å². The van der Waals surface area contributed by atoms with Gasteiger partial charge in [-0.05, 0) is 83.3 Å². The van der Waals surface area contributed by atoms with Crippen LogP contribution in [0.25, 0.3) is 22.5 Å². The number of carboxylic acid groups (broad SMARTS) is 1. The molecule has 348 valence electrons. The van der Waals surface area contributed by atoms with Crippen LogP contribution < -0.4 is 25.1 Å². The van der Waals surface area contributed by atoms with Gasteiger partial charge in [0.05, 0.1) is 28.0 Å². The first kappa shape index (κ1) is 47.2. The van der Waals surface area contributed by atoms with Crippen LogP contribution in [0.5, 0.6) is 5.88 Å². The molecule has 1 aliphatic rings. The summed E-state index contributed by atoms with van der Waals surface area (Å²) in [6.07, 6.45) is 4.77. The molecule has 1 saturated carbocycles. The zero-order chi connectivity index (χ0) is 47.6. The van der Waals surface area contributed by atoms with Gasteiger partial charge in [-0.15, -0.1) is 0 Å². The van der Waals surface area contributed by atoms with Crippen LogP contribution in [-0.4, -0.2) is 67.0 Å². The van der Waals surface area contributed by atoms with Gasteiger partial charge in [0.15, 0.2) is 0 Å². The van der Waals surface area contributed by atoms with E-state index in [1.807, 2.05) is 50.2 Å². The molecule has 2 atom stereocenters. The topological polar surface area (TPSA) is 179 Å². The molecule has 0 amide bonds. The van der Waals surface area contributed by atoms with E-state index in [-0.39, 0.29) is 51.3 Å². The minimum atomic E-state index is -4.28. The molecule has 1 fully saturated rings. The van der Waals surface area contributed by atoms with E-state index in [0.717, 1.165) is 53.5 Å². The number of ether oxygens (including phenoxy) is 1. The molecule has 8 rings (SSSR count). The average Bonchev–Trinajstić information content (AvgIpc) is 3.87. The third-order valence-electron chi connectivity index (χ3n) is 12.7. The van der Waals surface area contributed by atoms with Gasteiger partial charge >= 0.3 is 5.97 Å². The number of sulfonamides is 1. The van der Waals surface area contributed by atoms with Crippen molar-refractivity contribution in [3.8, 4) is 17.1 Å². The van der Waals surface area contributed by atoms with Crippen molar-refractivity contribution in [1.29, 1.82) is 0 Å². The Balaban J connectivity index is 0.995. The molecule has 1 aliphatic carbocycles. The summed E-state index contributed by atoms with van der Waals surface area (Å²) in [5.74, 6) is -0.590. The second-order valence-corrected chi connectivity index (χ2v) is 25.1. The Kier molecular flexibility index (Phi) is 13.5. The van der Waals surface area contributed by atoms with E-state index < -0.39 is 24.3 Å². The van der Waals surface area contributed by atoms with Gasteiger partial charge in [-0.1, -0.05) is 120 Å². The average molecular weight is 939 g/mol. The lowest BCUT2D eigenvalue weighted by atomic mass is 9.99. The highest BCUT2D eigenvalue weighted by molar-refractivity contribution is 7.92. The van der Waals surface area contributed by atoms with Crippen molar-refractivity contribution in [2.75, 3.05) is 17.9 Å². The molecule has 7 aromatic rings. The molecule has 2 unspecified atom stereocenters. The maximum absolute atomic E-state index is 13.6. The minimum Gasteiger partial charge on any atom is -0.478 e. The molecule has 0 bridgehead atoms. The first-order chi connectivity index (χ1) is 31.9. The number of hydrogen-bond donors (Lipinski definition) is 3. The molecule has 3 N–H and O–H groups in total. The second-order valence-electron chi connectivity index (χ2n) is 19.1. The predicted molar refractivity (Wildman–Crippen MR) is 263 cm³/mol. The number of hydrogen-bond acceptors (Lipinski definition) is 11. The summed E-state index contributed by atoms with van der Waals surface area (Å²) in [6, 6.07) is 35.7. The SMILES string of the molecule is Cc1cccc(C)c1-c1cc(OCC(CC2(C)CC2)NCc2cnc3oc(C(C)CO[Si](c4ccccc4)(c4ccccc4)C(C)(C)C)cc3n2)nc(NS(=O)(=O)c2cccc(C(=O)O)c2)n1. The summed E-state index contributed by atoms with van der Waals surface area (Å²) in [5, 5.41) is 15.4. The molecule has 4 aromatic carbocycles. The number of anilines is 1. The Morgan fingerprint density at radius 3 is 2.15 bits per heavy atom. The molecule has 13 nitrogen and oxygen atoms in total. The predicted octanol–water partition coefficient (Wildman–Crippen LogP) is 9.20. The quantitative estimate of drug-likeness (QED) is 0.0656. The minimum absolute atomic E-state index is 0.0731. The highest BCUT2D eigenvalue weighted by atomic mass is 32.2. The lowest BCUT2D eigenvalue weighted by molar-refractivity contribution is 0.0696. The van der Waals surface area contributed by atoms with Crippen LogP contribution in [0, 0.1) is 19.3 Å². The van der Waals surface area contributed by atoms with E-state index in [4.69, 9.17) is 18.6 Å². The Labute approximate surface area is 393 Å². The maximum Gasteiger partial charge on any atom is 0.335 e. The zero-order valence-electron chi connectivity index (χ0n) is 39.0. The van der Waals surface area contributed by atoms with Crippen molar-refractivity contribution in [3.63, 3.8) is 0 Å². The number of rotatable bonds is 19. The largest absolute Gasteiger partial charge is 0.478 e. The van der Waals surface area contributed by atoms with Crippen LogP contribution in [0.3, 0.4) is 0 Å². The third kappa shape index (κ3) is 10.7. The number of fused-ring (bicyclic) bond motifs is 1. The van der Waals surface area contributed by atoms with Crippen molar-refractivity contribution in [2.24, 2.45) is 5.41 Å². The van der Waals surface area contributed by atoms with E-state index in [0.29, 0.717) is 30.1 Å². The Morgan fingerprint density at radius 2 is 1.52 bits per heavy atom. The number of furan rings is 1. The fraction of sp³-hybridized carbons (Fsp3) is 0.327. The molecule has 15 heteroatoms. The number of aromatic carboxylic acids is 1. The number of carbonyl (C=O) groups is 1.